The summed E-state index contributed by atoms with van der Waals surface area (Å²) in [6, 6.07) is 7.20. The van der Waals surface area contributed by atoms with Crippen LogP contribution < -0.4 is 5.73 Å². The maximum atomic E-state index is 12.8. The van der Waals surface area contributed by atoms with Gasteiger partial charge in [-0.3, -0.25) is 0 Å². The second-order valence-corrected chi connectivity index (χ2v) is 5.87. The van der Waals surface area contributed by atoms with Crippen molar-refractivity contribution in [2.24, 2.45) is 11.7 Å². The summed E-state index contributed by atoms with van der Waals surface area (Å²) in [6.45, 7) is 0. The van der Waals surface area contributed by atoms with Gasteiger partial charge in [0.1, 0.15) is 0 Å². The molecule has 0 aromatic heterocycles. The van der Waals surface area contributed by atoms with Gasteiger partial charge in [-0.1, -0.05) is 36.2 Å². The van der Waals surface area contributed by atoms with Crippen molar-refractivity contribution >= 4 is 11.6 Å². The topological polar surface area (TPSA) is 26.0 Å². The van der Waals surface area contributed by atoms with Gasteiger partial charge in [0.2, 0.25) is 0 Å². The molecule has 106 valence electrons. The molecule has 2 N–H and O–H groups in total. The molecule has 1 fully saturated rings. The quantitative estimate of drug-likeness (QED) is 0.862. The summed E-state index contributed by atoms with van der Waals surface area (Å²) < 4.78 is 38.5. The van der Waals surface area contributed by atoms with Crippen LogP contribution in [0.2, 0.25) is 5.02 Å². The monoisotopic (exact) mass is 291 g/mol. The van der Waals surface area contributed by atoms with E-state index in [2.05, 4.69) is 0 Å². The summed E-state index contributed by atoms with van der Waals surface area (Å²) in [7, 11) is 0. The number of nitrogens with two attached hydrogens (primary N) is 1. The molecule has 1 aliphatic carbocycles. The molecule has 0 amide bonds. The average molecular weight is 292 g/mol. The molecule has 0 spiro atoms. The van der Waals surface area contributed by atoms with E-state index in [4.69, 9.17) is 17.3 Å². The summed E-state index contributed by atoms with van der Waals surface area (Å²) >= 11 is 6.05. The Balaban J connectivity index is 2.12. The average Bonchev–Trinajstić information content (AvgIpc) is 2.31. The van der Waals surface area contributed by atoms with Crippen LogP contribution in [0.15, 0.2) is 24.3 Å². The molecule has 0 heterocycles. The van der Waals surface area contributed by atoms with Gasteiger partial charge in [-0.05, 0) is 37.3 Å². The molecule has 1 aromatic carbocycles. The van der Waals surface area contributed by atoms with Crippen LogP contribution in [0.5, 0.6) is 0 Å². The van der Waals surface area contributed by atoms with Gasteiger partial charge in [-0.25, -0.2) is 0 Å². The molecule has 1 aromatic rings. The maximum Gasteiger partial charge on any atom is 0.391 e. The van der Waals surface area contributed by atoms with E-state index in [1.165, 1.54) is 0 Å². The van der Waals surface area contributed by atoms with Crippen molar-refractivity contribution in [3.63, 3.8) is 0 Å². The molecule has 1 aliphatic rings. The first kappa shape index (κ1) is 14.7. The van der Waals surface area contributed by atoms with Gasteiger partial charge in [0.25, 0.3) is 0 Å². The lowest BCUT2D eigenvalue weighted by atomic mass is 9.73. The lowest BCUT2D eigenvalue weighted by Gasteiger charge is -2.39. The summed E-state index contributed by atoms with van der Waals surface area (Å²) in [5, 5.41) is 0.571. The minimum Gasteiger partial charge on any atom is -0.325 e. The van der Waals surface area contributed by atoms with Gasteiger partial charge in [-0.15, -0.1) is 0 Å². The highest BCUT2D eigenvalue weighted by atomic mass is 35.5. The molecular formula is C14H17ClF3N. The molecule has 2 atom stereocenters. The largest absolute Gasteiger partial charge is 0.391 e. The second kappa shape index (κ2) is 5.33. The Labute approximate surface area is 115 Å². The molecule has 5 heteroatoms. The van der Waals surface area contributed by atoms with E-state index in [0.717, 1.165) is 5.56 Å². The first-order chi connectivity index (χ1) is 8.80. The van der Waals surface area contributed by atoms with Crippen molar-refractivity contribution in [2.45, 2.75) is 43.8 Å². The molecule has 1 nitrogen and oxygen atoms in total. The van der Waals surface area contributed by atoms with Crippen LogP contribution in [0, 0.1) is 5.92 Å². The first-order valence-electron chi connectivity index (χ1n) is 6.39. The van der Waals surface area contributed by atoms with Crippen LogP contribution in [-0.2, 0) is 6.42 Å². The second-order valence-electron chi connectivity index (χ2n) is 5.47. The molecular weight excluding hydrogens is 275 g/mol. The molecule has 0 radical (unpaired) electrons. The predicted octanol–water partition coefficient (Wildman–Crippen LogP) is 4.33. The Bertz CT molecular complexity index is 447. The number of hydrogen-bond donors (Lipinski definition) is 1. The number of hydrogen-bond acceptors (Lipinski definition) is 1. The van der Waals surface area contributed by atoms with Crippen LogP contribution in [0.1, 0.15) is 31.2 Å². The smallest absolute Gasteiger partial charge is 0.325 e. The van der Waals surface area contributed by atoms with E-state index in [1.807, 2.05) is 12.1 Å². The summed E-state index contributed by atoms with van der Waals surface area (Å²) in [5.41, 5.74) is 6.21. The van der Waals surface area contributed by atoms with Crippen LogP contribution in [0.25, 0.3) is 0 Å². The zero-order valence-corrected chi connectivity index (χ0v) is 11.3. The van der Waals surface area contributed by atoms with Gasteiger partial charge >= 0.3 is 6.18 Å². The van der Waals surface area contributed by atoms with Gasteiger partial charge in [0.15, 0.2) is 0 Å². The summed E-state index contributed by atoms with van der Waals surface area (Å²) in [5.74, 6) is -1.28. The van der Waals surface area contributed by atoms with Crippen molar-refractivity contribution in [2.75, 3.05) is 0 Å². The molecule has 2 rings (SSSR count). The lowest BCUT2D eigenvalue weighted by Crippen LogP contribution is -2.48. The van der Waals surface area contributed by atoms with Crippen LogP contribution in [0.4, 0.5) is 13.2 Å². The Morgan fingerprint density at radius 2 is 2.00 bits per heavy atom. The normalized spacial score (nSPS) is 28.4. The van der Waals surface area contributed by atoms with E-state index in [0.29, 0.717) is 24.3 Å². The zero-order valence-electron chi connectivity index (χ0n) is 10.5. The third kappa shape index (κ3) is 3.63. The van der Waals surface area contributed by atoms with Gasteiger partial charge in [0.05, 0.1) is 5.92 Å². The van der Waals surface area contributed by atoms with Gasteiger partial charge in [-0.2, -0.15) is 13.2 Å². The van der Waals surface area contributed by atoms with Crippen LogP contribution >= 0.6 is 11.6 Å². The Hall–Kier alpha value is -0.740. The first-order valence-corrected chi connectivity index (χ1v) is 6.77. The molecule has 0 aliphatic heterocycles. The number of benzene rings is 1. The Kier molecular flexibility index (Phi) is 4.11. The van der Waals surface area contributed by atoms with E-state index in [1.54, 1.807) is 12.1 Å². The van der Waals surface area contributed by atoms with E-state index >= 15 is 0 Å². The van der Waals surface area contributed by atoms with Crippen molar-refractivity contribution < 1.29 is 13.2 Å². The highest BCUT2D eigenvalue weighted by Gasteiger charge is 2.46. The number of alkyl halides is 3. The van der Waals surface area contributed by atoms with Crippen molar-refractivity contribution in [3.8, 4) is 0 Å². The molecule has 0 bridgehead atoms. The van der Waals surface area contributed by atoms with E-state index in [9.17, 15) is 13.2 Å². The standard InChI is InChI=1S/C14H17ClF3N/c15-12-6-2-1-4-10(12)8-13(19)7-3-5-11(9-13)14(16,17)18/h1-2,4,6,11H,3,5,7-9,19H2. The molecule has 19 heavy (non-hydrogen) atoms. The SMILES string of the molecule is NC1(Cc2ccccc2Cl)CCCC(C(F)(F)F)C1. The fourth-order valence-corrected chi connectivity index (χ4v) is 3.06. The Morgan fingerprint density at radius 3 is 2.63 bits per heavy atom. The van der Waals surface area contributed by atoms with E-state index < -0.39 is 17.6 Å². The number of halogens is 4. The van der Waals surface area contributed by atoms with Gasteiger partial charge < -0.3 is 5.73 Å². The summed E-state index contributed by atoms with van der Waals surface area (Å²) in [6.07, 6.45) is -2.44. The van der Waals surface area contributed by atoms with E-state index in [-0.39, 0.29) is 12.8 Å². The fraction of sp³-hybridized carbons (Fsp3) is 0.571. The minimum atomic E-state index is -4.15. The highest BCUT2D eigenvalue weighted by Crippen LogP contribution is 2.42. The van der Waals surface area contributed by atoms with Crippen molar-refractivity contribution in [1.82, 2.24) is 0 Å². The fourth-order valence-electron chi connectivity index (χ4n) is 2.86. The van der Waals surface area contributed by atoms with Crippen molar-refractivity contribution in [3.05, 3.63) is 34.9 Å². The summed E-state index contributed by atoms with van der Waals surface area (Å²) in [4.78, 5) is 0. The molecule has 2 unspecified atom stereocenters. The maximum absolute atomic E-state index is 12.8. The Morgan fingerprint density at radius 1 is 1.32 bits per heavy atom. The molecule has 0 saturated heterocycles. The van der Waals surface area contributed by atoms with Crippen LogP contribution in [0.3, 0.4) is 0 Å². The lowest BCUT2D eigenvalue weighted by molar-refractivity contribution is -0.187. The molecule has 1 saturated carbocycles. The number of rotatable bonds is 2. The third-order valence-corrected chi connectivity index (χ3v) is 4.21. The predicted molar refractivity (Wildman–Crippen MR) is 70.1 cm³/mol. The van der Waals surface area contributed by atoms with Crippen molar-refractivity contribution in [1.29, 1.82) is 0 Å². The highest BCUT2D eigenvalue weighted by molar-refractivity contribution is 6.31. The van der Waals surface area contributed by atoms with Gasteiger partial charge in [0, 0.05) is 10.6 Å². The zero-order chi connectivity index (χ0) is 14.1. The minimum absolute atomic E-state index is 0.0122. The van der Waals surface area contributed by atoms with Crippen LogP contribution in [-0.4, -0.2) is 11.7 Å². The third-order valence-electron chi connectivity index (χ3n) is 3.84.